The van der Waals surface area contributed by atoms with Crippen LogP contribution in [0.3, 0.4) is 0 Å². The van der Waals surface area contributed by atoms with Gasteiger partial charge in [-0.1, -0.05) is 13.0 Å². The highest BCUT2D eigenvalue weighted by molar-refractivity contribution is 7.90. The van der Waals surface area contributed by atoms with Crippen LogP contribution in [0.1, 0.15) is 6.92 Å². The molecule has 2 aromatic carbocycles. The van der Waals surface area contributed by atoms with Crippen LogP contribution >= 0.6 is 0 Å². The molecule has 0 aliphatic carbocycles. The normalized spacial score (nSPS) is 14.9. The molecule has 32 heavy (non-hydrogen) atoms. The van der Waals surface area contributed by atoms with E-state index in [0.29, 0.717) is 11.5 Å². The Balaban J connectivity index is 1.41. The molecule has 0 radical (unpaired) electrons. The van der Waals surface area contributed by atoms with Crippen molar-refractivity contribution in [1.29, 1.82) is 0 Å². The summed E-state index contributed by atoms with van der Waals surface area (Å²) in [7, 11) is -3.25. The maximum absolute atomic E-state index is 11.8. The van der Waals surface area contributed by atoms with Gasteiger partial charge in [-0.25, -0.2) is 13.4 Å². The summed E-state index contributed by atoms with van der Waals surface area (Å²) in [6.45, 7) is 7.63. The summed E-state index contributed by atoms with van der Waals surface area (Å²) in [6.07, 6.45) is 2.92. The SMILES string of the molecule is CCN1CCN(c2ccc(Nc3cc(Nc4cccc(S(C)(=O)=O)c4)ccn3)cc2)CC1. The van der Waals surface area contributed by atoms with Crippen molar-refractivity contribution >= 4 is 38.4 Å². The zero-order chi connectivity index (χ0) is 22.6. The Hall–Kier alpha value is -3.10. The van der Waals surface area contributed by atoms with Crippen LogP contribution in [0.4, 0.5) is 28.6 Å². The van der Waals surface area contributed by atoms with Crippen LogP contribution in [-0.2, 0) is 9.84 Å². The van der Waals surface area contributed by atoms with Crippen LogP contribution < -0.4 is 15.5 Å². The maximum atomic E-state index is 11.8. The molecule has 0 atom stereocenters. The lowest BCUT2D eigenvalue weighted by Crippen LogP contribution is -2.46. The van der Waals surface area contributed by atoms with Gasteiger partial charge in [0.15, 0.2) is 9.84 Å². The number of nitrogens with zero attached hydrogens (tertiary/aromatic N) is 3. The van der Waals surface area contributed by atoms with Gasteiger partial charge in [-0.15, -0.1) is 0 Å². The Morgan fingerprint density at radius 3 is 2.28 bits per heavy atom. The van der Waals surface area contributed by atoms with Crippen molar-refractivity contribution < 1.29 is 8.42 Å². The van der Waals surface area contributed by atoms with Gasteiger partial charge in [0, 0.05) is 67.4 Å². The standard InChI is InChI=1S/C24H29N5O2S/c1-3-28-13-15-29(16-14-28)22-9-7-19(8-10-22)27-24-18-21(11-12-25-24)26-20-5-4-6-23(17-20)32(2,30)31/h4-12,17-18H,3,13-16H2,1-2H3,(H2,25,26,27). The van der Waals surface area contributed by atoms with Gasteiger partial charge in [0.1, 0.15) is 5.82 Å². The van der Waals surface area contributed by atoms with Gasteiger partial charge in [0.05, 0.1) is 4.90 Å². The van der Waals surface area contributed by atoms with Crippen LogP contribution in [0.25, 0.3) is 0 Å². The summed E-state index contributed by atoms with van der Waals surface area (Å²) in [5, 5.41) is 6.59. The molecule has 1 aromatic heterocycles. The Morgan fingerprint density at radius 2 is 1.59 bits per heavy atom. The number of piperazine rings is 1. The highest BCUT2D eigenvalue weighted by atomic mass is 32.2. The monoisotopic (exact) mass is 451 g/mol. The summed E-state index contributed by atoms with van der Waals surface area (Å²) in [6, 6.07) is 18.9. The van der Waals surface area contributed by atoms with Gasteiger partial charge in [0.2, 0.25) is 0 Å². The Morgan fingerprint density at radius 1 is 0.875 bits per heavy atom. The largest absolute Gasteiger partial charge is 0.369 e. The highest BCUT2D eigenvalue weighted by Gasteiger charge is 2.15. The summed E-state index contributed by atoms with van der Waals surface area (Å²) in [4.78, 5) is 9.57. The number of benzene rings is 2. The van der Waals surface area contributed by atoms with E-state index < -0.39 is 9.84 Å². The first-order valence-electron chi connectivity index (χ1n) is 10.8. The number of rotatable bonds is 7. The third-order valence-electron chi connectivity index (χ3n) is 5.64. The number of anilines is 5. The smallest absolute Gasteiger partial charge is 0.175 e. The first-order valence-corrected chi connectivity index (χ1v) is 12.7. The van der Waals surface area contributed by atoms with E-state index in [2.05, 4.69) is 56.6 Å². The fourth-order valence-electron chi connectivity index (χ4n) is 3.77. The number of sulfone groups is 1. The molecule has 0 bridgehead atoms. The predicted molar refractivity (Wildman–Crippen MR) is 131 cm³/mol. The number of hydrogen-bond donors (Lipinski definition) is 2. The molecule has 7 nitrogen and oxygen atoms in total. The van der Waals surface area contributed by atoms with E-state index in [9.17, 15) is 8.42 Å². The second-order valence-corrected chi connectivity index (χ2v) is 9.96. The van der Waals surface area contributed by atoms with Gasteiger partial charge in [-0.05, 0) is 55.1 Å². The fourth-order valence-corrected chi connectivity index (χ4v) is 4.44. The molecule has 4 rings (SSSR count). The minimum absolute atomic E-state index is 0.283. The summed E-state index contributed by atoms with van der Waals surface area (Å²) in [5.74, 6) is 0.707. The first-order chi connectivity index (χ1) is 15.4. The van der Waals surface area contributed by atoms with E-state index in [1.807, 2.05) is 18.2 Å². The van der Waals surface area contributed by atoms with Gasteiger partial charge in [-0.3, -0.25) is 0 Å². The maximum Gasteiger partial charge on any atom is 0.175 e. The molecule has 3 aromatic rings. The Kier molecular flexibility index (Phi) is 6.62. The summed E-state index contributed by atoms with van der Waals surface area (Å²) in [5.41, 5.74) is 3.72. The summed E-state index contributed by atoms with van der Waals surface area (Å²) >= 11 is 0. The lowest BCUT2D eigenvalue weighted by atomic mass is 10.2. The molecule has 8 heteroatoms. The molecule has 0 unspecified atom stereocenters. The van der Waals surface area contributed by atoms with E-state index in [-0.39, 0.29) is 4.90 Å². The molecule has 0 spiro atoms. The van der Waals surface area contributed by atoms with E-state index in [1.165, 1.54) is 11.9 Å². The topological polar surface area (TPSA) is 77.6 Å². The molecule has 1 fully saturated rings. The molecule has 2 N–H and O–H groups in total. The quantitative estimate of drug-likeness (QED) is 0.560. The van der Waals surface area contributed by atoms with E-state index in [1.54, 1.807) is 24.4 Å². The number of nitrogens with one attached hydrogen (secondary N) is 2. The van der Waals surface area contributed by atoms with Crippen molar-refractivity contribution in [2.24, 2.45) is 0 Å². The third-order valence-corrected chi connectivity index (χ3v) is 6.75. The van der Waals surface area contributed by atoms with Crippen LogP contribution in [0.15, 0.2) is 71.8 Å². The second kappa shape index (κ2) is 9.58. The number of hydrogen-bond acceptors (Lipinski definition) is 7. The van der Waals surface area contributed by atoms with Gasteiger partial charge in [0.25, 0.3) is 0 Å². The highest BCUT2D eigenvalue weighted by Crippen LogP contribution is 2.25. The van der Waals surface area contributed by atoms with Crippen LogP contribution in [-0.4, -0.2) is 57.3 Å². The van der Waals surface area contributed by atoms with E-state index in [4.69, 9.17) is 0 Å². The molecule has 1 aliphatic rings. The molecule has 0 saturated carbocycles. The van der Waals surface area contributed by atoms with Crippen LogP contribution in [0.5, 0.6) is 0 Å². The van der Waals surface area contributed by atoms with Crippen molar-refractivity contribution in [1.82, 2.24) is 9.88 Å². The van der Waals surface area contributed by atoms with Crippen molar-refractivity contribution in [3.63, 3.8) is 0 Å². The minimum Gasteiger partial charge on any atom is -0.369 e. The zero-order valence-corrected chi connectivity index (χ0v) is 19.3. The van der Waals surface area contributed by atoms with Crippen molar-refractivity contribution in [2.45, 2.75) is 11.8 Å². The molecular weight excluding hydrogens is 422 g/mol. The molecule has 168 valence electrons. The Bertz CT molecular complexity index is 1160. The predicted octanol–water partition coefficient (Wildman–Crippen LogP) is 4.11. The summed E-state index contributed by atoms with van der Waals surface area (Å²) < 4.78 is 23.6. The number of likely N-dealkylation sites (N-methyl/N-ethyl adjacent to an activating group) is 1. The zero-order valence-electron chi connectivity index (χ0n) is 18.5. The molecular formula is C24H29N5O2S. The fraction of sp³-hybridized carbons (Fsp3) is 0.292. The average Bonchev–Trinajstić information content (AvgIpc) is 2.80. The Labute approximate surface area is 190 Å². The lowest BCUT2D eigenvalue weighted by Gasteiger charge is -2.35. The minimum atomic E-state index is -3.25. The van der Waals surface area contributed by atoms with Gasteiger partial charge in [-0.2, -0.15) is 0 Å². The molecule has 0 amide bonds. The third kappa shape index (κ3) is 5.57. The second-order valence-electron chi connectivity index (χ2n) is 7.95. The van der Waals surface area contributed by atoms with Crippen LogP contribution in [0.2, 0.25) is 0 Å². The van der Waals surface area contributed by atoms with Crippen LogP contribution in [0, 0.1) is 0 Å². The number of aromatic nitrogens is 1. The van der Waals surface area contributed by atoms with Gasteiger partial charge < -0.3 is 20.4 Å². The van der Waals surface area contributed by atoms with Crippen molar-refractivity contribution in [2.75, 3.05) is 54.5 Å². The van der Waals surface area contributed by atoms with Crippen molar-refractivity contribution in [3.05, 3.63) is 66.9 Å². The number of pyridine rings is 1. The van der Waals surface area contributed by atoms with Crippen molar-refractivity contribution in [3.8, 4) is 0 Å². The lowest BCUT2D eigenvalue weighted by molar-refractivity contribution is 0.271. The first kappa shape index (κ1) is 22.1. The van der Waals surface area contributed by atoms with E-state index >= 15 is 0 Å². The van der Waals surface area contributed by atoms with E-state index in [0.717, 1.165) is 44.1 Å². The average molecular weight is 452 g/mol. The van der Waals surface area contributed by atoms with Gasteiger partial charge >= 0.3 is 0 Å². The molecule has 2 heterocycles. The molecule has 1 aliphatic heterocycles. The molecule has 1 saturated heterocycles.